The molecule has 0 aliphatic carbocycles. The first kappa shape index (κ1) is 52.3. The standard InChI is InChI=1S/C32H64O16Si8/c1-25(2)29(33)37-21-49(9,10)41-55(42-50(11,12)22-38-30(34)26(3)4)46-53(17,18)45-54(19,20)47-56(48-55,43-51(13,14)23-39-31(35)27(5)6)44-52(15,16)24-40-32(36)28(7)8/h1,3,5,7,21-24H2,2,4,6,8-20H3. The van der Waals surface area contributed by atoms with Crippen LogP contribution in [-0.4, -0.2) is 117 Å². The third-order valence-electron chi connectivity index (χ3n) is 6.69. The van der Waals surface area contributed by atoms with Crippen LogP contribution < -0.4 is 0 Å². The summed E-state index contributed by atoms with van der Waals surface area (Å²) in [5, 5.41) is 0. The molecule has 0 atom stereocenters. The molecule has 0 N–H and O–H groups in total. The molecule has 0 saturated carbocycles. The largest absolute Gasteiger partial charge is 0.643 e. The van der Waals surface area contributed by atoms with Gasteiger partial charge in [-0.1, -0.05) is 26.3 Å². The minimum Gasteiger partial charge on any atom is -0.463 e. The number of carbonyl (C=O) groups excluding carboxylic acids is 4. The lowest BCUT2D eigenvalue weighted by molar-refractivity contribution is -0.138. The third-order valence-corrected chi connectivity index (χ3v) is 34.8. The number of rotatable bonds is 20. The van der Waals surface area contributed by atoms with E-state index < -0.39 is 92.4 Å². The van der Waals surface area contributed by atoms with Crippen molar-refractivity contribution in [3.8, 4) is 0 Å². The van der Waals surface area contributed by atoms with E-state index in [1.165, 1.54) is 27.7 Å². The highest BCUT2D eigenvalue weighted by Gasteiger charge is 2.70. The molecule has 0 bridgehead atoms. The Balaban J connectivity index is 4.20. The molecule has 1 saturated heterocycles. The molecule has 1 fully saturated rings. The predicted octanol–water partition coefficient (Wildman–Crippen LogP) is 5.86. The maximum absolute atomic E-state index is 12.6. The van der Waals surface area contributed by atoms with Gasteiger partial charge in [-0.05, 0) is 106 Å². The maximum Gasteiger partial charge on any atom is 0.643 e. The van der Waals surface area contributed by atoms with Crippen molar-refractivity contribution in [3.05, 3.63) is 48.6 Å². The number of carbonyl (C=O) groups is 4. The summed E-state index contributed by atoms with van der Waals surface area (Å²) >= 11 is 0. The summed E-state index contributed by atoms with van der Waals surface area (Å²) in [7, 11) is -29.1. The smallest absolute Gasteiger partial charge is 0.463 e. The second-order valence-corrected chi connectivity index (χ2v) is 46.4. The van der Waals surface area contributed by atoms with Crippen molar-refractivity contribution in [2.24, 2.45) is 0 Å². The minimum atomic E-state index is -4.75. The Morgan fingerprint density at radius 2 is 0.607 bits per heavy atom. The lowest BCUT2D eigenvalue weighted by atomic mass is 10.4. The van der Waals surface area contributed by atoms with E-state index in [4.69, 9.17) is 51.9 Å². The van der Waals surface area contributed by atoms with Crippen molar-refractivity contribution < 1.29 is 71.0 Å². The number of ether oxygens (including phenoxy) is 4. The number of esters is 4. The molecule has 0 aromatic rings. The van der Waals surface area contributed by atoms with Gasteiger partial charge in [0.05, 0.1) is 0 Å². The fraction of sp³-hybridized carbons (Fsp3) is 0.625. The van der Waals surface area contributed by atoms with Gasteiger partial charge in [-0.3, -0.25) is 0 Å². The van der Waals surface area contributed by atoms with E-state index in [2.05, 4.69) is 26.3 Å². The van der Waals surface area contributed by atoms with Crippen LogP contribution in [0.5, 0.6) is 0 Å². The number of hydrogen-bond acceptors (Lipinski definition) is 16. The van der Waals surface area contributed by atoms with Gasteiger partial charge in [-0.25, -0.2) is 19.2 Å². The molecule has 0 aromatic heterocycles. The molecule has 0 amide bonds. The van der Waals surface area contributed by atoms with Crippen molar-refractivity contribution in [2.75, 3.05) is 24.9 Å². The third kappa shape index (κ3) is 18.5. The normalized spacial score (nSPS) is 18.0. The average Bonchev–Trinajstić information content (AvgIpc) is 2.96. The fourth-order valence-corrected chi connectivity index (χ4v) is 36.6. The molecule has 56 heavy (non-hydrogen) atoms. The van der Waals surface area contributed by atoms with Gasteiger partial charge in [0, 0.05) is 22.3 Å². The van der Waals surface area contributed by atoms with Gasteiger partial charge >= 0.3 is 59.1 Å². The van der Waals surface area contributed by atoms with Crippen molar-refractivity contribution in [2.45, 2.75) is 106 Å². The van der Waals surface area contributed by atoms with Crippen molar-refractivity contribution in [3.63, 3.8) is 0 Å². The molecule has 0 radical (unpaired) electrons. The molecule has 0 spiro atoms. The molecule has 16 nitrogen and oxygen atoms in total. The Hall–Kier alpha value is -1.74. The van der Waals surface area contributed by atoms with Crippen LogP contribution in [0.15, 0.2) is 48.6 Å². The van der Waals surface area contributed by atoms with Gasteiger partial charge in [0.2, 0.25) is 33.3 Å². The van der Waals surface area contributed by atoms with Crippen LogP contribution in [0, 0.1) is 0 Å². The zero-order valence-corrected chi connectivity index (χ0v) is 44.2. The topological polar surface area (TPSA) is 179 Å². The first-order chi connectivity index (χ1) is 25.0. The van der Waals surface area contributed by atoms with Crippen LogP contribution >= 0.6 is 0 Å². The summed E-state index contributed by atoms with van der Waals surface area (Å²) in [5.41, 5.74) is 0.775. The molecule has 1 heterocycles. The summed E-state index contributed by atoms with van der Waals surface area (Å²) in [6, 6.07) is 0. The van der Waals surface area contributed by atoms with E-state index in [0.29, 0.717) is 0 Å². The first-order valence-corrected chi connectivity index (χ1v) is 39.2. The van der Waals surface area contributed by atoms with E-state index in [1.807, 2.05) is 0 Å². The van der Waals surface area contributed by atoms with E-state index >= 15 is 0 Å². The van der Waals surface area contributed by atoms with E-state index in [-0.39, 0.29) is 47.2 Å². The van der Waals surface area contributed by atoms with Crippen molar-refractivity contribution >= 4 is 92.4 Å². The van der Waals surface area contributed by atoms with Gasteiger partial charge in [-0.15, -0.1) is 0 Å². The second kappa shape index (κ2) is 19.5. The Kier molecular flexibility index (Phi) is 18.2. The minimum absolute atomic E-state index is 0.162. The molecule has 320 valence electrons. The van der Waals surface area contributed by atoms with Crippen LogP contribution in [0.3, 0.4) is 0 Å². The maximum atomic E-state index is 12.6. The summed E-state index contributed by atoms with van der Waals surface area (Å²) in [4.78, 5) is 50.3. The Morgan fingerprint density at radius 1 is 0.411 bits per heavy atom. The Morgan fingerprint density at radius 3 is 0.786 bits per heavy atom. The van der Waals surface area contributed by atoms with E-state index in [1.54, 1.807) is 78.6 Å². The molecule has 0 unspecified atom stereocenters. The molecule has 0 aromatic carbocycles. The summed E-state index contributed by atoms with van der Waals surface area (Å²) in [6.07, 6.45) is -0.649. The highest BCUT2D eigenvalue weighted by Crippen LogP contribution is 2.38. The molecule has 24 heteroatoms. The molecule has 1 aliphatic rings. The Bertz CT molecular complexity index is 1340. The SMILES string of the molecule is C=C(C)C(=O)OC[Si](C)(C)O[Si]1(O[Si](C)(C)COC(=O)C(=C)C)O[Si](C)(C)O[Si](C)(C)O[Si](O[Si](C)(C)COC(=O)C(=C)C)(O[Si](C)(C)COC(=O)C(=C)C)O1. The quantitative estimate of drug-likeness (QED) is 0.0613. The lowest BCUT2D eigenvalue weighted by Gasteiger charge is -2.51. The zero-order chi connectivity index (χ0) is 43.9. The van der Waals surface area contributed by atoms with E-state index in [0.717, 1.165) is 0 Å². The predicted molar refractivity (Wildman–Crippen MR) is 228 cm³/mol. The second-order valence-electron chi connectivity index (χ2n) is 17.1. The van der Waals surface area contributed by atoms with Crippen LogP contribution in [-0.2, 0) is 71.0 Å². The molecule has 1 aliphatic heterocycles. The molecule has 1 rings (SSSR count). The van der Waals surface area contributed by atoms with Crippen LogP contribution in [0.2, 0.25) is 78.6 Å². The average molecular weight is 930 g/mol. The summed E-state index contributed by atoms with van der Waals surface area (Å²) in [5.74, 6) is -2.48. The van der Waals surface area contributed by atoms with Crippen LogP contribution in [0.25, 0.3) is 0 Å². The molecular weight excluding hydrogens is 865 g/mol. The van der Waals surface area contributed by atoms with Crippen LogP contribution in [0.1, 0.15) is 27.7 Å². The lowest BCUT2D eigenvalue weighted by Crippen LogP contribution is -2.77. The van der Waals surface area contributed by atoms with E-state index in [9.17, 15) is 19.2 Å². The summed E-state index contributed by atoms with van der Waals surface area (Å²) in [6.45, 7) is 42.2. The van der Waals surface area contributed by atoms with Crippen molar-refractivity contribution in [1.29, 1.82) is 0 Å². The van der Waals surface area contributed by atoms with Gasteiger partial charge in [0.25, 0.3) is 0 Å². The Labute approximate surface area is 341 Å². The van der Waals surface area contributed by atoms with Crippen LogP contribution in [0.4, 0.5) is 0 Å². The zero-order valence-electron chi connectivity index (χ0n) is 36.2. The monoisotopic (exact) mass is 928 g/mol. The first-order valence-electron chi connectivity index (χ1n) is 17.9. The molecular formula is C32H64O16Si8. The highest BCUT2D eigenvalue weighted by atomic mass is 28.6. The van der Waals surface area contributed by atoms with Gasteiger partial charge in [0.15, 0.2) is 0 Å². The number of hydrogen-bond donors (Lipinski definition) is 0. The van der Waals surface area contributed by atoms with Gasteiger partial charge < -0.3 is 51.9 Å². The van der Waals surface area contributed by atoms with Gasteiger partial charge in [-0.2, -0.15) is 0 Å². The van der Waals surface area contributed by atoms with Gasteiger partial charge in [0.1, 0.15) is 24.9 Å². The fourth-order valence-electron chi connectivity index (χ4n) is 4.56. The van der Waals surface area contributed by atoms with Crippen molar-refractivity contribution in [1.82, 2.24) is 0 Å². The highest BCUT2D eigenvalue weighted by molar-refractivity contribution is 6.96. The summed E-state index contributed by atoms with van der Waals surface area (Å²) < 4.78 is 77.9.